The van der Waals surface area contributed by atoms with Crippen LogP contribution in [-0.4, -0.2) is 37.7 Å². The predicted molar refractivity (Wildman–Crippen MR) is 36.9 cm³/mol. The third-order valence-electron chi connectivity index (χ3n) is 1.75. The van der Waals surface area contributed by atoms with Gasteiger partial charge in [-0.25, -0.2) is 0 Å². The Balaban J connectivity index is 2.35. The van der Waals surface area contributed by atoms with E-state index in [0.29, 0.717) is 0 Å². The molecule has 4 heteroatoms. The molecule has 0 unspecified atom stereocenters. The molecule has 3 N–H and O–H groups in total. The van der Waals surface area contributed by atoms with Crippen LogP contribution in [0.3, 0.4) is 0 Å². The molecule has 0 amide bonds. The third-order valence-corrected chi connectivity index (χ3v) is 1.75. The summed E-state index contributed by atoms with van der Waals surface area (Å²) in [5.74, 6) is 0. The van der Waals surface area contributed by atoms with Gasteiger partial charge in [0.1, 0.15) is 7.85 Å². The summed E-state index contributed by atoms with van der Waals surface area (Å²) in [6.45, 7) is 0.0953. The number of rotatable bonds is 1. The van der Waals surface area contributed by atoms with Crippen molar-refractivity contribution in [3.8, 4) is 0 Å². The fraction of sp³-hybridized carbons (Fsp3) is 1.00. The van der Waals surface area contributed by atoms with Crippen molar-refractivity contribution in [3.05, 3.63) is 0 Å². The molecule has 0 spiro atoms. The van der Waals surface area contributed by atoms with Crippen molar-refractivity contribution in [1.82, 2.24) is 0 Å². The first kappa shape index (κ1) is 7.06. The fourth-order valence-corrected chi connectivity index (χ4v) is 1.07. The lowest BCUT2D eigenvalue weighted by molar-refractivity contribution is 0.0422. The molecule has 1 fully saturated rings. The standard InChI is InChI=1S/C5H12BNO2/c6-5-4(7)1-3(2-8)9-5/h3-5,8H,1-2,6-7H2/t3-,4+,5+/m0/s1. The molecule has 0 aromatic carbocycles. The molecule has 0 bridgehead atoms. The van der Waals surface area contributed by atoms with Gasteiger partial charge in [-0.15, -0.1) is 0 Å². The maximum atomic E-state index is 8.62. The number of nitrogens with two attached hydrogens (primary N) is 1. The number of hydrogen-bond donors (Lipinski definition) is 2. The van der Waals surface area contributed by atoms with Gasteiger partial charge >= 0.3 is 0 Å². The molecule has 1 aliphatic rings. The van der Waals surface area contributed by atoms with E-state index < -0.39 is 0 Å². The van der Waals surface area contributed by atoms with Gasteiger partial charge in [-0.05, 0) is 6.42 Å². The molecular formula is C5H12BNO2. The highest BCUT2D eigenvalue weighted by Gasteiger charge is 2.28. The zero-order valence-corrected chi connectivity index (χ0v) is 5.58. The van der Waals surface area contributed by atoms with Gasteiger partial charge in [0.15, 0.2) is 0 Å². The first-order chi connectivity index (χ1) is 4.24. The van der Waals surface area contributed by atoms with E-state index >= 15 is 0 Å². The van der Waals surface area contributed by atoms with Crippen molar-refractivity contribution >= 4 is 7.85 Å². The van der Waals surface area contributed by atoms with E-state index in [4.69, 9.17) is 15.6 Å². The van der Waals surface area contributed by atoms with Gasteiger partial charge in [0.2, 0.25) is 0 Å². The zero-order valence-electron chi connectivity index (χ0n) is 5.58. The van der Waals surface area contributed by atoms with Crippen LogP contribution in [0.15, 0.2) is 0 Å². The Morgan fingerprint density at radius 3 is 2.67 bits per heavy atom. The molecule has 3 nitrogen and oxygen atoms in total. The number of ether oxygens (including phenoxy) is 1. The van der Waals surface area contributed by atoms with Crippen LogP contribution in [0.5, 0.6) is 0 Å². The average Bonchev–Trinajstić information content (AvgIpc) is 2.13. The summed E-state index contributed by atoms with van der Waals surface area (Å²) in [5.41, 5.74) is 5.61. The molecule has 0 aromatic heterocycles. The molecule has 0 aliphatic carbocycles. The van der Waals surface area contributed by atoms with Gasteiger partial charge in [-0.1, -0.05) is 0 Å². The van der Waals surface area contributed by atoms with Gasteiger partial charge in [-0.2, -0.15) is 0 Å². The molecule has 1 saturated heterocycles. The molecule has 1 rings (SSSR count). The number of hydrogen-bond acceptors (Lipinski definition) is 3. The zero-order chi connectivity index (χ0) is 6.85. The maximum absolute atomic E-state index is 8.62. The Bertz CT molecular complexity index is 91.0. The quantitative estimate of drug-likeness (QED) is 0.404. The first-order valence-corrected chi connectivity index (χ1v) is 3.26. The summed E-state index contributed by atoms with van der Waals surface area (Å²) in [6, 6.07) is 0.226. The lowest BCUT2D eigenvalue weighted by atomic mass is 9.93. The summed E-state index contributed by atoms with van der Waals surface area (Å²) < 4.78 is 5.25. The highest BCUT2D eigenvalue weighted by molar-refractivity contribution is 6.11. The Labute approximate surface area is 55.6 Å². The van der Waals surface area contributed by atoms with E-state index in [9.17, 15) is 0 Å². The van der Waals surface area contributed by atoms with Crippen LogP contribution in [0.1, 0.15) is 6.42 Å². The molecule has 1 heterocycles. The third kappa shape index (κ3) is 1.44. The highest BCUT2D eigenvalue weighted by atomic mass is 16.5. The van der Waals surface area contributed by atoms with E-state index in [2.05, 4.69) is 0 Å². The minimum atomic E-state index is -0.0185. The largest absolute Gasteiger partial charge is 0.394 e. The smallest absolute Gasteiger partial charge is 0.141 e. The summed E-state index contributed by atoms with van der Waals surface area (Å²) in [5, 5.41) is 8.62. The summed E-state index contributed by atoms with van der Waals surface area (Å²) >= 11 is 0. The lowest BCUT2D eigenvalue weighted by Gasteiger charge is -2.06. The van der Waals surface area contributed by atoms with Crippen LogP contribution in [0.25, 0.3) is 0 Å². The van der Waals surface area contributed by atoms with E-state index in [1.807, 2.05) is 7.85 Å². The van der Waals surface area contributed by atoms with Crippen molar-refractivity contribution in [3.63, 3.8) is 0 Å². The second-order valence-electron chi connectivity index (χ2n) is 2.55. The topological polar surface area (TPSA) is 55.5 Å². The van der Waals surface area contributed by atoms with Gasteiger partial charge in [0, 0.05) is 12.0 Å². The summed E-state index contributed by atoms with van der Waals surface area (Å²) in [7, 11) is 1.93. The molecule has 0 aromatic rings. The van der Waals surface area contributed by atoms with Crippen molar-refractivity contribution in [1.29, 1.82) is 0 Å². The second kappa shape index (κ2) is 2.69. The average molecular weight is 129 g/mol. The second-order valence-corrected chi connectivity index (χ2v) is 2.55. The minimum Gasteiger partial charge on any atom is -0.394 e. The van der Waals surface area contributed by atoms with Crippen LogP contribution in [0.4, 0.5) is 0 Å². The first-order valence-electron chi connectivity index (χ1n) is 3.26. The van der Waals surface area contributed by atoms with Gasteiger partial charge < -0.3 is 15.6 Å². The van der Waals surface area contributed by atoms with Crippen molar-refractivity contribution in [2.75, 3.05) is 6.61 Å². The Morgan fingerprint density at radius 2 is 2.44 bits per heavy atom. The van der Waals surface area contributed by atoms with Gasteiger partial charge in [0.05, 0.1) is 12.7 Å². The molecule has 0 radical (unpaired) electrons. The lowest BCUT2D eigenvalue weighted by Crippen LogP contribution is -2.29. The molecule has 9 heavy (non-hydrogen) atoms. The van der Waals surface area contributed by atoms with Gasteiger partial charge in [0.25, 0.3) is 0 Å². The van der Waals surface area contributed by atoms with Gasteiger partial charge in [-0.3, -0.25) is 0 Å². The Hall–Kier alpha value is -0.0551. The molecule has 52 valence electrons. The fourth-order valence-electron chi connectivity index (χ4n) is 1.07. The summed E-state index contributed by atoms with van der Waals surface area (Å²) in [6.07, 6.45) is 0.771. The predicted octanol–water partition coefficient (Wildman–Crippen LogP) is -1.95. The molecular weight excluding hydrogens is 117 g/mol. The van der Waals surface area contributed by atoms with Crippen LogP contribution in [-0.2, 0) is 4.74 Å². The minimum absolute atomic E-state index is 0.0185. The highest BCUT2D eigenvalue weighted by Crippen LogP contribution is 2.15. The SMILES string of the molecule is B[C@@H]1O[C@H](CO)C[C@H]1N. The van der Waals surface area contributed by atoms with Crippen LogP contribution in [0, 0.1) is 0 Å². The van der Waals surface area contributed by atoms with E-state index in [-0.39, 0.29) is 24.8 Å². The molecule has 3 atom stereocenters. The van der Waals surface area contributed by atoms with Crippen molar-refractivity contribution < 1.29 is 9.84 Å². The Kier molecular flexibility index (Phi) is 2.11. The van der Waals surface area contributed by atoms with Crippen LogP contribution >= 0.6 is 0 Å². The van der Waals surface area contributed by atoms with E-state index in [1.54, 1.807) is 0 Å². The number of aliphatic hydroxyl groups excluding tert-OH is 1. The summed E-state index contributed by atoms with van der Waals surface area (Å²) in [4.78, 5) is 0. The van der Waals surface area contributed by atoms with Crippen molar-refractivity contribution in [2.24, 2.45) is 5.73 Å². The van der Waals surface area contributed by atoms with Crippen molar-refractivity contribution in [2.45, 2.75) is 24.6 Å². The number of aliphatic hydroxyl groups is 1. The molecule has 1 aliphatic heterocycles. The normalized spacial score (nSPS) is 43.6. The van der Waals surface area contributed by atoms with E-state index in [0.717, 1.165) is 6.42 Å². The Morgan fingerprint density at radius 1 is 1.78 bits per heavy atom. The van der Waals surface area contributed by atoms with E-state index in [1.165, 1.54) is 0 Å². The molecule has 0 saturated carbocycles. The van der Waals surface area contributed by atoms with Crippen LogP contribution in [0.2, 0.25) is 0 Å². The monoisotopic (exact) mass is 129 g/mol. The maximum Gasteiger partial charge on any atom is 0.141 e. The van der Waals surface area contributed by atoms with Crippen LogP contribution < -0.4 is 5.73 Å².